The van der Waals surface area contributed by atoms with E-state index in [1.165, 1.54) is 12.3 Å². The maximum atomic E-state index is 12.5. The number of carboxylic acids is 1. The van der Waals surface area contributed by atoms with Gasteiger partial charge in [-0.1, -0.05) is 48.5 Å². The number of furan rings is 1. The van der Waals surface area contributed by atoms with Crippen molar-refractivity contribution in [1.82, 2.24) is 0 Å². The van der Waals surface area contributed by atoms with Crippen molar-refractivity contribution in [3.05, 3.63) is 78.1 Å². The minimum atomic E-state index is -1.15. The summed E-state index contributed by atoms with van der Waals surface area (Å²) in [4.78, 5) is 24.6. The SMILES string of the molecule is O=C(O)CN(C(=O)OCC1c2ccccc2-c2ccccc21)c1ccco1. The Kier molecular flexibility index (Phi) is 4.38. The van der Waals surface area contributed by atoms with E-state index in [0.717, 1.165) is 27.2 Å². The lowest BCUT2D eigenvalue weighted by molar-refractivity contribution is -0.135. The second-order valence-corrected chi connectivity index (χ2v) is 6.24. The van der Waals surface area contributed by atoms with Crippen LogP contribution in [-0.4, -0.2) is 30.3 Å². The number of hydrogen-bond donors (Lipinski definition) is 1. The molecule has 3 aromatic rings. The minimum Gasteiger partial charge on any atom is -0.480 e. The van der Waals surface area contributed by atoms with Gasteiger partial charge in [0.25, 0.3) is 0 Å². The number of anilines is 1. The average Bonchev–Trinajstić information content (AvgIpc) is 3.31. The molecule has 0 aliphatic heterocycles. The molecule has 136 valence electrons. The average molecular weight is 363 g/mol. The summed E-state index contributed by atoms with van der Waals surface area (Å²) in [5.41, 5.74) is 4.44. The van der Waals surface area contributed by atoms with Gasteiger partial charge in [0, 0.05) is 12.0 Å². The number of carboxylic acid groups (broad SMARTS) is 1. The second-order valence-electron chi connectivity index (χ2n) is 6.24. The van der Waals surface area contributed by atoms with Crippen LogP contribution in [0.1, 0.15) is 17.0 Å². The fraction of sp³-hybridized carbons (Fsp3) is 0.143. The number of aliphatic carboxylic acids is 1. The molecule has 0 unspecified atom stereocenters. The Bertz CT molecular complexity index is 934. The molecule has 1 aliphatic rings. The van der Waals surface area contributed by atoms with Gasteiger partial charge in [0.15, 0.2) is 0 Å². The number of carbonyl (C=O) groups excluding carboxylic acids is 1. The van der Waals surface area contributed by atoms with Crippen molar-refractivity contribution in [2.24, 2.45) is 0 Å². The van der Waals surface area contributed by atoms with Gasteiger partial charge in [0.2, 0.25) is 5.88 Å². The maximum Gasteiger partial charge on any atom is 0.417 e. The summed E-state index contributed by atoms with van der Waals surface area (Å²) in [6.45, 7) is -0.423. The molecule has 1 aliphatic carbocycles. The fourth-order valence-corrected chi connectivity index (χ4v) is 3.46. The van der Waals surface area contributed by atoms with E-state index < -0.39 is 18.6 Å². The minimum absolute atomic E-state index is 0.0929. The molecular weight excluding hydrogens is 346 g/mol. The summed E-state index contributed by atoms with van der Waals surface area (Å²) in [5.74, 6) is -1.11. The molecule has 27 heavy (non-hydrogen) atoms. The maximum absolute atomic E-state index is 12.5. The van der Waals surface area contributed by atoms with Crippen molar-refractivity contribution in [1.29, 1.82) is 0 Å². The van der Waals surface area contributed by atoms with Crippen molar-refractivity contribution in [2.75, 3.05) is 18.1 Å². The Morgan fingerprint density at radius 1 is 0.963 bits per heavy atom. The normalized spacial score (nSPS) is 12.3. The third-order valence-corrected chi connectivity index (χ3v) is 4.62. The van der Waals surface area contributed by atoms with Crippen LogP contribution < -0.4 is 4.90 Å². The van der Waals surface area contributed by atoms with Gasteiger partial charge in [-0.15, -0.1) is 0 Å². The van der Waals surface area contributed by atoms with Gasteiger partial charge in [0.05, 0.1) is 6.26 Å². The van der Waals surface area contributed by atoms with Crippen molar-refractivity contribution in [2.45, 2.75) is 5.92 Å². The van der Waals surface area contributed by atoms with Crippen LogP contribution in [0.5, 0.6) is 0 Å². The highest BCUT2D eigenvalue weighted by molar-refractivity contribution is 5.91. The molecule has 1 N–H and O–H groups in total. The first-order valence-electron chi connectivity index (χ1n) is 8.53. The van der Waals surface area contributed by atoms with E-state index in [1.54, 1.807) is 6.07 Å². The van der Waals surface area contributed by atoms with Crippen LogP contribution >= 0.6 is 0 Å². The quantitative estimate of drug-likeness (QED) is 0.738. The summed E-state index contributed by atoms with van der Waals surface area (Å²) >= 11 is 0. The molecule has 0 fully saturated rings. The lowest BCUT2D eigenvalue weighted by atomic mass is 9.98. The van der Waals surface area contributed by atoms with E-state index >= 15 is 0 Å². The summed E-state index contributed by atoms with van der Waals surface area (Å²) in [6, 6.07) is 19.1. The Labute approximate surface area is 155 Å². The molecule has 4 rings (SSSR count). The van der Waals surface area contributed by atoms with Gasteiger partial charge in [-0.25, -0.2) is 9.69 Å². The van der Waals surface area contributed by atoms with E-state index in [2.05, 4.69) is 12.1 Å². The molecule has 0 saturated heterocycles. The number of rotatable bonds is 5. The van der Waals surface area contributed by atoms with E-state index in [4.69, 9.17) is 14.3 Å². The fourth-order valence-electron chi connectivity index (χ4n) is 3.46. The van der Waals surface area contributed by atoms with Crippen LogP contribution in [0.3, 0.4) is 0 Å². The third-order valence-electron chi connectivity index (χ3n) is 4.62. The molecule has 1 amide bonds. The van der Waals surface area contributed by atoms with Gasteiger partial charge in [-0.3, -0.25) is 4.79 Å². The number of benzene rings is 2. The molecule has 0 spiro atoms. The van der Waals surface area contributed by atoms with Crippen LogP contribution in [0.15, 0.2) is 71.3 Å². The second kappa shape index (κ2) is 6.99. The number of fused-ring (bicyclic) bond motifs is 3. The van der Waals surface area contributed by atoms with Crippen LogP contribution in [0.25, 0.3) is 11.1 Å². The largest absolute Gasteiger partial charge is 0.480 e. The molecule has 0 saturated carbocycles. The number of nitrogens with zero attached hydrogens (tertiary/aromatic N) is 1. The summed E-state index contributed by atoms with van der Waals surface area (Å²) in [5, 5.41) is 9.08. The van der Waals surface area contributed by atoms with E-state index in [1.807, 2.05) is 36.4 Å². The zero-order valence-electron chi connectivity index (χ0n) is 14.4. The lowest BCUT2D eigenvalue weighted by Crippen LogP contribution is -2.36. The van der Waals surface area contributed by atoms with Crippen molar-refractivity contribution in [3.63, 3.8) is 0 Å². The molecule has 2 aromatic carbocycles. The lowest BCUT2D eigenvalue weighted by Gasteiger charge is -2.20. The third kappa shape index (κ3) is 3.17. The first-order valence-corrected chi connectivity index (χ1v) is 8.53. The molecular formula is C21H17NO5. The van der Waals surface area contributed by atoms with Crippen LogP contribution in [-0.2, 0) is 9.53 Å². The number of ether oxygens (including phenoxy) is 1. The molecule has 0 bridgehead atoms. The highest BCUT2D eigenvalue weighted by Crippen LogP contribution is 2.44. The summed E-state index contributed by atoms with van der Waals surface area (Å²) in [7, 11) is 0. The van der Waals surface area contributed by atoms with Gasteiger partial charge in [-0.2, -0.15) is 0 Å². The zero-order valence-corrected chi connectivity index (χ0v) is 14.4. The van der Waals surface area contributed by atoms with Gasteiger partial charge >= 0.3 is 12.1 Å². The van der Waals surface area contributed by atoms with Crippen LogP contribution in [0, 0.1) is 0 Å². The predicted molar refractivity (Wildman–Crippen MR) is 98.8 cm³/mol. The topological polar surface area (TPSA) is 80.0 Å². The van der Waals surface area contributed by atoms with Gasteiger partial charge in [-0.05, 0) is 28.3 Å². The zero-order chi connectivity index (χ0) is 18.8. The predicted octanol–water partition coefficient (Wildman–Crippen LogP) is 4.12. The Morgan fingerprint density at radius 2 is 1.59 bits per heavy atom. The Morgan fingerprint density at radius 3 is 2.15 bits per heavy atom. The molecule has 1 heterocycles. The summed E-state index contributed by atoms with van der Waals surface area (Å²) < 4.78 is 10.7. The van der Waals surface area contributed by atoms with E-state index in [0.29, 0.717) is 0 Å². The highest BCUT2D eigenvalue weighted by Gasteiger charge is 2.30. The van der Waals surface area contributed by atoms with E-state index in [-0.39, 0.29) is 18.4 Å². The monoisotopic (exact) mass is 363 g/mol. The molecule has 6 heteroatoms. The highest BCUT2D eigenvalue weighted by atomic mass is 16.6. The Balaban J connectivity index is 1.56. The molecule has 0 radical (unpaired) electrons. The van der Waals surface area contributed by atoms with Gasteiger partial charge < -0.3 is 14.3 Å². The van der Waals surface area contributed by atoms with Crippen molar-refractivity contribution >= 4 is 17.9 Å². The molecule has 1 aromatic heterocycles. The molecule has 0 atom stereocenters. The van der Waals surface area contributed by atoms with Crippen molar-refractivity contribution < 1.29 is 23.8 Å². The van der Waals surface area contributed by atoms with Gasteiger partial charge in [0.1, 0.15) is 13.2 Å². The first-order chi connectivity index (χ1) is 13.1. The van der Waals surface area contributed by atoms with Crippen LogP contribution in [0.2, 0.25) is 0 Å². The number of amides is 1. The van der Waals surface area contributed by atoms with E-state index in [9.17, 15) is 9.59 Å². The number of hydrogen-bond acceptors (Lipinski definition) is 4. The first kappa shape index (κ1) is 16.9. The van der Waals surface area contributed by atoms with Crippen LogP contribution in [0.4, 0.5) is 10.7 Å². The number of carbonyl (C=O) groups is 2. The smallest absolute Gasteiger partial charge is 0.417 e. The standard InChI is InChI=1S/C21H17NO5/c23-20(24)12-22(19-10-5-11-26-19)21(25)27-13-18-16-8-3-1-6-14(16)15-7-2-4-9-17(15)18/h1-11,18H,12-13H2,(H,23,24). The molecule has 6 nitrogen and oxygen atoms in total. The Hall–Kier alpha value is -3.54. The summed E-state index contributed by atoms with van der Waals surface area (Å²) in [6.07, 6.45) is 0.621. The van der Waals surface area contributed by atoms with Crippen molar-refractivity contribution in [3.8, 4) is 11.1 Å².